The van der Waals surface area contributed by atoms with Crippen molar-refractivity contribution < 1.29 is 4.74 Å². The summed E-state index contributed by atoms with van der Waals surface area (Å²) in [6, 6.07) is 7.14. The number of ether oxygens (including phenoxy) is 1. The van der Waals surface area contributed by atoms with Crippen LogP contribution in [0.15, 0.2) is 34.4 Å². The molecule has 0 saturated carbocycles. The fourth-order valence-corrected chi connectivity index (χ4v) is 3.54. The van der Waals surface area contributed by atoms with Crippen molar-refractivity contribution in [2.75, 3.05) is 12.4 Å². The van der Waals surface area contributed by atoms with E-state index in [0.717, 1.165) is 17.0 Å². The third-order valence-corrected chi connectivity index (χ3v) is 4.76. The first kappa shape index (κ1) is 13.4. The first-order valence-electron chi connectivity index (χ1n) is 5.66. The minimum Gasteiger partial charge on any atom is -0.495 e. The Labute approximate surface area is 127 Å². The zero-order valence-corrected chi connectivity index (χ0v) is 12.7. The molecule has 0 aliphatic carbocycles. The minimum atomic E-state index is 0.00780. The lowest BCUT2D eigenvalue weighted by Crippen LogP contribution is -1.99. The number of aromatic nitrogens is 1. The van der Waals surface area contributed by atoms with E-state index >= 15 is 0 Å². The summed E-state index contributed by atoms with van der Waals surface area (Å²) < 4.78 is 5.85. The second kappa shape index (κ2) is 5.40. The lowest BCUT2D eigenvalue weighted by Gasteiger charge is -2.08. The van der Waals surface area contributed by atoms with E-state index in [1.807, 2.05) is 17.5 Å². The van der Waals surface area contributed by atoms with Gasteiger partial charge in [0.15, 0.2) is 5.13 Å². The summed E-state index contributed by atoms with van der Waals surface area (Å²) in [4.78, 5) is 16.3. The molecule has 7 heteroatoms. The molecule has 2 heterocycles. The maximum Gasteiger partial charge on any atom is 0.255 e. The van der Waals surface area contributed by atoms with Gasteiger partial charge in [-0.3, -0.25) is 4.79 Å². The Morgan fingerprint density at radius 3 is 3.00 bits per heavy atom. The van der Waals surface area contributed by atoms with Crippen LogP contribution in [0.3, 0.4) is 0 Å². The molecule has 0 radical (unpaired) electrons. The molecule has 0 unspecified atom stereocenters. The highest BCUT2D eigenvalue weighted by molar-refractivity contribution is 7.21. The number of anilines is 2. The molecule has 1 aromatic carbocycles. The third kappa shape index (κ3) is 2.49. The van der Waals surface area contributed by atoms with Gasteiger partial charge in [-0.05, 0) is 23.6 Å². The summed E-state index contributed by atoms with van der Waals surface area (Å²) in [6.07, 6.45) is 0. The quantitative estimate of drug-likeness (QED) is 0.787. The lowest BCUT2D eigenvalue weighted by atomic mass is 10.3. The van der Waals surface area contributed by atoms with Crippen LogP contribution in [0.5, 0.6) is 5.75 Å². The van der Waals surface area contributed by atoms with Crippen molar-refractivity contribution in [2.45, 2.75) is 0 Å². The Morgan fingerprint density at radius 2 is 2.20 bits per heavy atom. The maximum atomic E-state index is 11.9. The molecule has 3 aromatic rings. The largest absolute Gasteiger partial charge is 0.495 e. The van der Waals surface area contributed by atoms with Gasteiger partial charge < -0.3 is 10.1 Å². The maximum absolute atomic E-state index is 11.9. The molecule has 0 amide bonds. The van der Waals surface area contributed by atoms with E-state index in [-0.39, 0.29) is 4.74 Å². The fraction of sp³-hybridized carbons (Fsp3) is 0.0769. The number of halogens is 1. The zero-order chi connectivity index (χ0) is 14.1. The minimum absolute atomic E-state index is 0.00780. The van der Waals surface area contributed by atoms with Crippen LogP contribution in [0.2, 0.25) is 5.02 Å². The van der Waals surface area contributed by atoms with Gasteiger partial charge in [0.2, 0.25) is 0 Å². The van der Waals surface area contributed by atoms with Gasteiger partial charge in [-0.2, -0.15) is 0 Å². The van der Waals surface area contributed by atoms with Crippen LogP contribution < -0.4 is 14.8 Å². The van der Waals surface area contributed by atoms with Crippen molar-refractivity contribution in [1.29, 1.82) is 0 Å². The van der Waals surface area contributed by atoms with Crippen LogP contribution in [0.1, 0.15) is 0 Å². The number of nitrogens with zero attached hydrogens (tertiary/aromatic N) is 1. The normalized spacial score (nSPS) is 10.7. The Hall–Kier alpha value is -1.63. The van der Waals surface area contributed by atoms with E-state index in [4.69, 9.17) is 16.3 Å². The van der Waals surface area contributed by atoms with E-state index in [1.54, 1.807) is 19.2 Å². The molecule has 0 aliphatic rings. The average molecular weight is 325 g/mol. The van der Waals surface area contributed by atoms with E-state index in [1.165, 1.54) is 11.3 Å². The van der Waals surface area contributed by atoms with Gasteiger partial charge in [-0.25, -0.2) is 4.98 Å². The molecule has 20 heavy (non-hydrogen) atoms. The van der Waals surface area contributed by atoms with E-state index in [0.29, 0.717) is 26.1 Å². The van der Waals surface area contributed by atoms with Crippen LogP contribution in [0.25, 0.3) is 10.2 Å². The highest BCUT2D eigenvalue weighted by Crippen LogP contribution is 2.29. The molecule has 1 N–H and O–H groups in total. The van der Waals surface area contributed by atoms with Crippen molar-refractivity contribution in [3.05, 3.63) is 44.2 Å². The Kier molecular flexibility index (Phi) is 3.60. The molecule has 4 nitrogen and oxygen atoms in total. The van der Waals surface area contributed by atoms with Crippen LogP contribution in [-0.2, 0) is 0 Å². The van der Waals surface area contributed by atoms with E-state index in [9.17, 15) is 4.79 Å². The first-order valence-corrected chi connectivity index (χ1v) is 7.73. The summed E-state index contributed by atoms with van der Waals surface area (Å²) in [6.45, 7) is 0. The molecule has 0 saturated heterocycles. The molecule has 0 atom stereocenters. The molecular formula is C13H9ClN2O2S2. The van der Waals surface area contributed by atoms with Crippen molar-refractivity contribution >= 4 is 55.3 Å². The van der Waals surface area contributed by atoms with Crippen molar-refractivity contribution in [3.63, 3.8) is 0 Å². The van der Waals surface area contributed by atoms with Crippen molar-refractivity contribution in [1.82, 2.24) is 4.98 Å². The third-order valence-electron chi connectivity index (χ3n) is 2.64. The number of methoxy groups -OCH3 is 1. The molecule has 0 fully saturated rings. The van der Waals surface area contributed by atoms with Gasteiger partial charge in [0.05, 0.1) is 17.6 Å². The van der Waals surface area contributed by atoms with Gasteiger partial charge >= 0.3 is 0 Å². The van der Waals surface area contributed by atoms with Crippen LogP contribution in [0.4, 0.5) is 10.8 Å². The predicted molar refractivity (Wildman–Crippen MR) is 85.1 cm³/mol. The Bertz CT molecular complexity index is 829. The van der Waals surface area contributed by atoms with Gasteiger partial charge in [-0.15, -0.1) is 11.3 Å². The molecule has 0 bridgehead atoms. The number of thiophene rings is 1. The number of hydrogen-bond acceptors (Lipinski definition) is 6. The zero-order valence-electron chi connectivity index (χ0n) is 10.3. The molecule has 2 aromatic heterocycles. The lowest BCUT2D eigenvalue weighted by molar-refractivity contribution is 0.415. The summed E-state index contributed by atoms with van der Waals surface area (Å²) in [7, 11) is 1.55. The number of hydrogen-bond donors (Lipinski definition) is 1. The molecule has 3 rings (SSSR count). The van der Waals surface area contributed by atoms with Crippen LogP contribution >= 0.6 is 34.3 Å². The Balaban J connectivity index is 1.98. The van der Waals surface area contributed by atoms with Gasteiger partial charge in [0, 0.05) is 11.8 Å². The highest BCUT2D eigenvalue weighted by Gasteiger charge is 2.07. The highest BCUT2D eigenvalue weighted by atomic mass is 35.5. The number of nitrogens with one attached hydrogen (secondary N) is 1. The Morgan fingerprint density at radius 1 is 1.35 bits per heavy atom. The number of fused-ring (bicyclic) bond motifs is 1. The summed E-state index contributed by atoms with van der Waals surface area (Å²) in [5.41, 5.74) is 1.48. The molecular weight excluding hydrogens is 316 g/mol. The van der Waals surface area contributed by atoms with Gasteiger partial charge in [-0.1, -0.05) is 22.9 Å². The number of rotatable bonds is 3. The SMILES string of the molecule is COc1cc(Nc2nc3ccsc3c(=O)s2)ccc1Cl. The standard InChI is InChI=1S/C13H9ClN2O2S2/c1-18-10-6-7(2-3-8(10)14)15-13-16-9-4-5-19-11(9)12(17)20-13/h2-6H,1H3,(H,15,16). The van der Waals surface area contributed by atoms with Crippen molar-refractivity contribution in [3.8, 4) is 5.75 Å². The van der Waals surface area contributed by atoms with Crippen molar-refractivity contribution in [2.24, 2.45) is 0 Å². The average Bonchev–Trinajstić information content (AvgIpc) is 2.90. The second-order valence-electron chi connectivity index (χ2n) is 3.92. The van der Waals surface area contributed by atoms with E-state index < -0.39 is 0 Å². The smallest absolute Gasteiger partial charge is 0.255 e. The van der Waals surface area contributed by atoms with Crippen LogP contribution in [-0.4, -0.2) is 12.1 Å². The molecule has 0 spiro atoms. The fourth-order valence-electron chi connectivity index (χ4n) is 1.72. The predicted octanol–water partition coefficient (Wildman–Crippen LogP) is 4.12. The van der Waals surface area contributed by atoms with Gasteiger partial charge in [0.25, 0.3) is 4.74 Å². The number of benzene rings is 1. The monoisotopic (exact) mass is 324 g/mol. The summed E-state index contributed by atoms with van der Waals surface area (Å²) in [5, 5.41) is 6.05. The summed E-state index contributed by atoms with van der Waals surface area (Å²) >= 11 is 8.46. The van der Waals surface area contributed by atoms with E-state index in [2.05, 4.69) is 10.3 Å². The van der Waals surface area contributed by atoms with Gasteiger partial charge in [0.1, 0.15) is 10.4 Å². The van der Waals surface area contributed by atoms with Crippen LogP contribution in [0, 0.1) is 0 Å². The second-order valence-corrected chi connectivity index (χ2v) is 6.20. The molecule has 102 valence electrons. The first-order chi connectivity index (χ1) is 9.67. The summed E-state index contributed by atoms with van der Waals surface area (Å²) in [5.74, 6) is 0.570. The molecule has 0 aliphatic heterocycles. The topological polar surface area (TPSA) is 51.2 Å².